The molecule has 3 rings (SSSR count). The normalized spacial score (nSPS) is 39.1. The molecule has 0 aromatic heterocycles. The van der Waals surface area contributed by atoms with E-state index in [2.05, 4.69) is 0 Å². The van der Waals surface area contributed by atoms with E-state index in [9.17, 15) is 0 Å². The second kappa shape index (κ2) is 6.86. The molecule has 3 heterocycles. The molecule has 0 N–H and O–H groups in total. The van der Waals surface area contributed by atoms with Crippen LogP contribution >= 0.6 is 0 Å². The lowest BCUT2D eigenvalue weighted by atomic mass is 10.0. The Morgan fingerprint density at radius 1 is 1.04 bits per heavy atom. The minimum atomic E-state index is -0.655. The Hall–Kier alpha value is -0.760. The first kappa shape index (κ1) is 18.0. The highest BCUT2D eigenvalue weighted by atomic mass is 16.8. The Bertz CT molecular complexity index is 510. The third-order valence-corrected chi connectivity index (χ3v) is 4.25. The van der Waals surface area contributed by atoms with Crippen LogP contribution in [0, 0.1) is 0 Å². The van der Waals surface area contributed by atoms with Gasteiger partial charge >= 0.3 is 0 Å². The molecule has 3 aliphatic rings. The van der Waals surface area contributed by atoms with Crippen molar-refractivity contribution in [2.45, 2.75) is 70.8 Å². The van der Waals surface area contributed by atoms with E-state index in [-0.39, 0.29) is 18.3 Å². The van der Waals surface area contributed by atoms with E-state index < -0.39 is 17.9 Å². The molecule has 0 aromatic carbocycles. The molecule has 3 aliphatic heterocycles. The summed E-state index contributed by atoms with van der Waals surface area (Å²) < 4.78 is 35.2. The van der Waals surface area contributed by atoms with Gasteiger partial charge in [-0.2, -0.15) is 0 Å². The van der Waals surface area contributed by atoms with Crippen molar-refractivity contribution in [2.24, 2.45) is 0 Å². The fraction of sp³-hybridized carbons (Fsp3) is 0.778. The summed E-state index contributed by atoms with van der Waals surface area (Å²) >= 11 is 0. The van der Waals surface area contributed by atoms with Gasteiger partial charge in [-0.05, 0) is 40.2 Å². The quantitative estimate of drug-likeness (QED) is 0.566. The molecule has 24 heavy (non-hydrogen) atoms. The Morgan fingerprint density at radius 3 is 2.50 bits per heavy atom. The van der Waals surface area contributed by atoms with Gasteiger partial charge < -0.3 is 28.4 Å². The Labute approximate surface area is 143 Å². The maximum atomic E-state index is 6.10. The summed E-state index contributed by atoms with van der Waals surface area (Å²) in [7, 11) is 0. The van der Waals surface area contributed by atoms with E-state index in [0.29, 0.717) is 19.8 Å². The zero-order valence-corrected chi connectivity index (χ0v) is 15.1. The predicted octanol–water partition coefficient (Wildman–Crippen LogP) is 2.53. The van der Waals surface area contributed by atoms with Crippen molar-refractivity contribution in [3.8, 4) is 0 Å². The molecule has 0 radical (unpaired) electrons. The van der Waals surface area contributed by atoms with Crippen LogP contribution in [0.5, 0.6) is 0 Å². The van der Waals surface area contributed by atoms with E-state index in [1.54, 1.807) is 0 Å². The molecular formula is C18H28O6. The van der Waals surface area contributed by atoms with Gasteiger partial charge in [0, 0.05) is 0 Å². The maximum absolute atomic E-state index is 6.10. The first-order chi connectivity index (χ1) is 11.3. The van der Waals surface area contributed by atoms with Crippen LogP contribution in [0.4, 0.5) is 0 Å². The first-order valence-corrected chi connectivity index (χ1v) is 8.53. The van der Waals surface area contributed by atoms with E-state index in [4.69, 9.17) is 28.4 Å². The lowest BCUT2D eigenvalue weighted by Crippen LogP contribution is -2.35. The highest BCUT2D eigenvalue weighted by Gasteiger charge is 2.55. The summed E-state index contributed by atoms with van der Waals surface area (Å²) in [4.78, 5) is 0. The van der Waals surface area contributed by atoms with E-state index >= 15 is 0 Å². The molecule has 0 aliphatic carbocycles. The van der Waals surface area contributed by atoms with Crippen LogP contribution in [0.3, 0.4) is 0 Å². The zero-order valence-electron chi connectivity index (χ0n) is 15.1. The molecule has 0 amide bonds. The maximum Gasteiger partial charge on any atom is 0.191 e. The molecule has 0 unspecified atom stereocenters. The van der Waals surface area contributed by atoms with Crippen LogP contribution in [0.15, 0.2) is 23.8 Å². The number of rotatable bonds is 5. The van der Waals surface area contributed by atoms with Crippen LogP contribution < -0.4 is 0 Å². The van der Waals surface area contributed by atoms with Gasteiger partial charge in [0.2, 0.25) is 0 Å². The van der Waals surface area contributed by atoms with Gasteiger partial charge in [0.05, 0.1) is 19.8 Å². The molecule has 6 nitrogen and oxygen atoms in total. The minimum absolute atomic E-state index is 0.178. The van der Waals surface area contributed by atoms with E-state index in [1.807, 2.05) is 52.8 Å². The molecule has 3 fully saturated rings. The standard InChI is InChI=1S/C18H28O6/c1-6-7-9-19-10-8-12-14(13-11-20-17(2,3)22-13)21-16-15(12)23-18(4,5)24-16/h6-8,13-16H,9-11H2,1-5H3/b7-6-,12-8-/t13-,14+,15-,16-/m1/s1. The van der Waals surface area contributed by atoms with Gasteiger partial charge in [-0.25, -0.2) is 0 Å². The van der Waals surface area contributed by atoms with Gasteiger partial charge in [-0.15, -0.1) is 0 Å². The van der Waals surface area contributed by atoms with Crippen LogP contribution in [-0.4, -0.2) is 56.0 Å². The molecule has 0 saturated carbocycles. The Kier molecular flexibility index (Phi) is 5.16. The predicted molar refractivity (Wildman–Crippen MR) is 87.3 cm³/mol. The van der Waals surface area contributed by atoms with Gasteiger partial charge in [0.25, 0.3) is 0 Å². The molecule has 0 aromatic rings. The van der Waals surface area contributed by atoms with Crippen molar-refractivity contribution in [2.75, 3.05) is 19.8 Å². The van der Waals surface area contributed by atoms with Crippen LogP contribution in [0.2, 0.25) is 0 Å². The SMILES string of the molecule is C/C=C\COC/C=C1\[C@H]2OC(C)(C)O[C@H]2O[C@@H]1[C@H]1COC(C)(C)O1. The summed E-state index contributed by atoms with van der Waals surface area (Å²) in [6, 6.07) is 0. The van der Waals surface area contributed by atoms with Crippen molar-refractivity contribution in [3.63, 3.8) is 0 Å². The monoisotopic (exact) mass is 340 g/mol. The Balaban J connectivity index is 1.72. The third kappa shape index (κ3) is 3.90. The fourth-order valence-corrected chi connectivity index (χ4v) is 3.23. The molecular weight excluding hydrogens is 312 g/mol. The number of ether oxygens (including phenoxy) is 6. The van der Waals surface area contributed by atoms with Crippen molar-refractivity contribution in [1.82, 2.24) is 0 Å². The largest absolute Gasteiger partial charge is 0.373 e. The van der Waals surface area contributed by atoms with Crippen molar-refractivity contribution >= 4 is 0 Å². The summed E-state index contributed by atoms with van der Waals surface area (Å²) in [6.07, 6.45) is 4.89. The lowest BCUT2D eigenvalue weighted by molar-refractivity contribution is -0.215. The second-order valence-electron chi connectivity index (χ2n) is 7.16. The number of fused-ring (bicyclic) bond motifs is 1. The van der Waals surface area contributed by atoms with Gasteiger partial charge in [-0.3, -0.25) is 0 Å². The number of hydrogen-bond donors (Lipinski definition) is 0. The van der Waals surface area contributed by atoms with E-state index in [0.717, 1.165) is 5.57 Å². The molecule has 0 spiro atoms. The topological polar surface area (TPSA) is 55.4 Å². The number of hydrogen-bond acceptors (Lipinski definition) is 6. The van der Waals surface area contributed by atoms with Crippen LogP contribution in [0.1, 0.15) is 34.6 Å². The smallest absolute Gasteiger partial charge is 0.191 e. The summed E-state index contributed by atoms with van der Waals surface area (Å²) in [5.41, 5.74) is 1.01. The van der Waals surface area contributed by atoms with Crippen LogP contribution in [0.25, 0.3) is 0 Å². The van der Waals surface area contributed by atoms with Crippen LogP contribution in [-0.2, 0) is 28.4 Å². The highest BCUT2D eigenvalue weighted by molar-refractivity contribution is 5.24. The van der Waals surface area contributed by atoms with E-state index in [1.165, 1.54) is 0 Å². The zero-order chi connectivity index (χ0) is 17.4. The number of allylic oxidation sites excluding steroid dienone is 1. The summed E-state index contributed by atoms with van der Waals surface area (Å²) in [5.74, 6) is -1.25. The molecule has 6 heteroatoms. The average Bonchev–Trinajstić information content (AvgIpc) is 3.09. The van der Waals surface area contributed by atoms with Crippen molar-refractivity contribution < 1.29 is 28.4 Å². The van der Waals surface area contributed by atoms with Gasteiger partial charge in [-0.1, -0.05) is 18.2 Å². The third-order valence-electron chi connectivity index (χ3n) is 4.25. The first-order valence-electron chi connectivity index (χ1n) is 8.53. The van der Waals surface area contributed by atoms with Gasteiger partial charge in [0.15, 0.2) is 17.9 Å². The second-order valence-corrected chi connectivity index (χ2v) is 7.16. The molecule has 3 saturated heterocycles. The highest BCUT2D eigenvalue weighted by Crippen LogP contribution is 2.43. The molecule has 4 atom stereocenters. The Morgan fingerprint density at radius 2 is 1.83 bits per heavy atom. The van der Waals surface area contributed by atoms with Crippen molar-refractivity contribution in [1.29, 1.82) is 0 Å². The lowest BCUT2D eigenvalue weighted by Gasteiger charge is -2.25. The van der Waals surface area contributed by atoms with Crippen molar-refractivity contribution in [3.05, 3.63) is 23.8 Å². The average molecular weight is 340 g/mol. The summed E-state index contributed by atoms with van der Waals surface area (Å²) in [5, 5.41) is 0. The van der Waals surface area contributed by atoms with Gasteiger partial charge in [0.1, 0.15) is 18.3 Å². The molecule has 136 valence electrons. The minimum Gasteiger partial charge on any atom is -0.373 e. The fourth-order valence-electron chi connectivity index (χ4n) is 3.23. The molecule has 0 bridgehead atoms. The summed E-state index contributed by atoms with van der Waals surface area (Å²) in [6.45, 7) is 11.1.